The molecule has 0 saturated carbocycles. The van der Waals surface area contributed by atoms with Crippen LogP contribution in [-0.4, -0.2) is 46.5 Å². The fourth-order valence-electron chi connectivity index (χ4n) is 4.44. The van der Waals surface area contributed by atoms with Crippen LogP contribution in [0.1, 0.15) is 29.5 Å². The van der Waals surface area contributed by atoms with Gasteiger partial charge in [0.1, 0.15) is 0 Å². The van der Waals surface area contributed by atoms with Crippen LogP contribution in [0.3, 0.4) is 0 Å². The number of hydrogen-bond acceptors (Lipinski definition) is 3. The predicted molar refractivity (Wildman–Crippen MR) is 108 cm³/mol. The molecule has 5 nitrogen and oxygen atoms in total. The molecule has 0 aliphatic carbocycles. The summed E-state index contributed by atoms with van der Waals surface area (Å²) in [5.41, 5.74) is 4.53. The smallest absolute Gasteiger partial charge is 0.320 e. The molecule has 3 aliphatic rings. The molecule has 0 unspecified atom stereocenters. The van der Waals surface area contributed by atoms with Crippen molar-refractivity contribution < 1.29 is 4.79 Å². The van der Waals surface area contributed by atoms with Crippen molar-refractivity contribution in [3.05, 3.63) is 59.4 Å². The molecular weight excluding hydrogens is 336 g/mol. The molecule has 1 aromatic carbocycles. The van der Waals surface area contributed by atoms with Gasteiger partial charge in [-0.3, -0.25) is 9.88 Å². The van der Waals surface area contributed by atoms with E-state index in [9.17, 15) is 4.79 Å². The van der Waals surface area contributed by atoms with Gasteiger partial charge in [-0.2, -0.15) is 0 Å². The number of nitrogens with zero attached hydrogens (tertiary/aromatic N) is 3. The summed E-state index contributed by atoms with van der Waals surface area (Å²) in [7, 11) is 0. The van der Waals surface area contributed by atoms with E-state index in [0.29, 0.717) is 5.92 Å². The first-order chi connectivity index (χ1) is 13.1. The van der Waals surface area contributed by atoms with Gasteiger partial charge in [0.05, 0.1) is 0 Å². The number of hydrogen-bond donors (Lipinski definition) is 1. The second-order valence-corrected chi connectivity index (χ2v) is 8.05. The summed E-state index contributed by atoms with van der Waals surface area (Å²) in [4.78, 5) is 21.7. The topological polar surface area (TPSA) is 48.5 Å². The molecule has 5 heteroatoms. The van der Waals surface area contributed by atoms with Crippen LogP contribution in [0.15, 0.2) is 42.7 Å². The SMILES string of the molecule is Cc1ccc(NC(=O)N2C[C@H]3CC[C@@H]2CN(Cc2ccncc2)C3)c(C)c1. The minimum atomic E-state index is 0.0439. The van der Waals surface area contributed by atoms with E-state index in [4.69, 9.17) is 0 Å². The molecule has 5 rings (SSSR count). The van der Waals surface area contributed by atoms with Crippen molar-refractivity contribution in [3.63, 3.8) is 0 Å². The standard InChI is InChI=1S/C22H28N4O/c1-16-3-6-21(17(2)11-16)24-22(27)26-14-19-4-5-20(26)15-25(13-19)12-18-7-9-23-10-8-18/h3,6-11,19-20H,4-5,12-15H2,1-2H3,(H,24,27)/t19-,20+/m0/s1. The van der Waals surface area contributed by atoms with Crippen LogP contribution in [0.25, 0.3) is 0 Å². The zero-order valence-corrected chi connectivity index (χ0v) is 16.2. The van der Waals surface area contributed by atoms with Gasteiger partial charge in [0.2, 0.25) is 0 Å². The molecule has 4 heterocycles. The monoisotopic (exact) mass is 364 g/mol. The van der Waals surface area contributed by atoms with Crippen molar-refractivity contribution in [2.24, 2.45) is 5.92 Å². The lowest BCUT2D eigenvalue weighted by Crippen LogP contribution is -2.49. The van der Waals surface area contributed by atoms with Crippen molar-refractivity contribution >= 4 is 11.7 Å². The van der Waals surface area contributed by atoms with E-state index >= 15 is 0 Å². The molecule has 142 valence electrons. The molecular formula is C22H28N4O. The summed E-state index contributed by atoms with van der Waals surface area (Å²) in [6.07, 6.45) is 6.01. The zero-order valence-electron chi connectivity index (χ0n) is 16.2. The van der Waals surface area contributed by atoms with E-state index in [-0.39, 0.29) is 12.1 Å². The maximum Gasteiger partial charge on any atom is 0.322 e. The van der Waals surface area contributed by atoms with Gasteiger partial charge in [-0.25, -0.2) is 4.79 Å². The molecule has 3 fully saturated rings. The molecule has 2 amide bonds. The van der Waals surface area contributed by atoms with E-state index in [1.807, 2.05) is 31.5 Å². The van der Waals surface area contributed by atoms with Gasteiger partial charge < -0.3 is 10.2 Å². The molecule has 3 aliphatic heterocycles. The largest absolute Gasteiger partial charge is 0.322 e. The summed E-state index contributed by atoms with van der Waals surface area (Å²) >= 11 is 0. The van der Waals surface area contributed by atoms with Gasteiger partial charge in [0.15, 0.2) is 0 Å². The van der Waals surface area contributed by atoms with E-state index in [2.05, 4.69) is 45.2 Å². The summed E-state index contributed by atoms with van der Waals surface area (Å²) in [6, 6.07) is 10.7. The molecule has 1 aromatic heterocycles. The number of amides is 2. The van der Waals surface area contributed by atoms with Gasteiger partial charge in [0, 0.05) is 50.3 Å². The van der Waals surface area contributed by atoms with Crippen LogP contribution in [-0.2, 0) is 6.54 Å². The normalized spacial score (nSPS) is 22.5. The van der Waals surface area contributed by atoms with E-state index < -0.39 is 0 Å². The average Bonchev–Trinajstić information content (AvgIpc) is 2.95. The Kier molecular flexibility index (Phi) is 5.12. The maximum atomic E-state index is 13.0. The Morgan fingerprint density at radius 1 is 1.11 bits per heavy atom. The first-order valence-corrected chi connectivity index (χ1v) is 9.84. The van der Waals surface area contributed by atoms with Crippen LogP contribution in [0, 0.1) is 19.8 Å². The molecule has 0 radical (unpaired) electrons. The fraction of sp³-hybridized carbons (Fsp3) is 0.455. The van der Waals surface area contributed by atoms with Crippen LogP contribution in [0.4, 0.5) is 10.5 Å². The highest BCUT2D eigenvalue weighted by molar-refractivity contribution is 5.90. The number of carbonyl (C=O) groups is 1. The minimum absolute atomic E-state index is 0.0439. The molecule has 2 aromatic rings. The van der Waals surface area contributed by atoms with Crippen molar-refractivity contribution in [1.82, 2.24) is 14.8 Å². The highest BCUT2D eigenvalue weighted by Gasteiger charge is 2.37. The third kappa shape index (κ3) is 4.14. The number of carbonyl (C=O) groups excluding carboxylic acids is 1. The Labute approximate surface area is 161 Å². The second kappa shape index (κ2) is 7.69. The first kappa shape index (κ1) is 18.0. The Hall–Kier alpha value is -2.40. The van der Waals surface area contributed by atoms with Gasteiger partial charge >= 0.3 is 6.03 Å². The molecule has 0 spiro atoms. The lowest BCUT2D eigenvalue weighted by molar-refractivity contribution is 0.151. The van der Waals surface area contributed by atoms with Crippen molar-refractivity contribution in [3.8, 4) is 0 Å². The van der Waals surface area contributed by atoms with Crippen molar-refractivity contribution in [1.29, 1.82) is 0 Å². The van der Waals surface area contributed by atoms with Crippen molar-refractivity contribution in [2.75, 3.05) is 25.0 Å². The average molecular weight is 364 g/mol. The van der Waals surface area contributed by atoms with Gasteiger partial charge in [0.25, 0.3) is 0 Å². The lowest BCUT2D eigenvalue weighted by Gasteiger charge is -2.36. The number of rotatable bonds is 3. The predicted octanol–water partition coefficient (Wildman–Crippen LogP) is 3.83. The van der Waals surface area contributed by atoms with Crippen LogP contribution in [0.5, 0.6) is 0 Å². The zero-order chi connectivity index (χ0) is 18.8. The number of fused-ring (bicyclic) bond motifs is 4. The highest BCUT2D eigenvalue weighted by atomic mass is 16.2. The first-order valence-electron chi connectivity index (χ1n) is 9.84. The van der Waals surface area contributed by atoms with Gasteiger partial charge in [-0.15, -0.1) is 0 Å². The van der Waals surface area contributed by atoms with E-state index in [1.54, 1.807) is 0 Å². The Morgan fingerprint density at radius 2 is 1.93 bits per heavy atom. The Balaban J connectivity index is 1.44. The minimum Gasteiger partial charge on any atom is -0.320 e. The number of nitrogens with one attached hydrogen (secondary N) is 1. The third-order valence-electron chi connectivity index (χ3n) is 5.83. The lowest BCUT2D eigenvalue weighted by atomic mass is 9.95. The molecule has 1 N–H and O–H groups in total. The van der Waals surface area contributed by atoms with Gasteiger partial charge in [-0.05, 0) is 61.9 Å². The van der Waals surface area contributed by atoms with Crippen LogP contribution < -0.4 is 5.32 Å². The third-order valence-corrected chi connectivity index (χ3v) is 5.83. The highest BCUT2D eigenvalue weighted by Crippen LogP contribution is 2.29. The second-order valence-electron chi connectivity index (χ2n) is 8.05. The Bertz CT molecular complexity index is 807. The Morgan fingerprint density at radius 3 is 2.70 bits per heavy atom. The molecule has 2 bridgehead atoms. The van der Waals surface area contributed by atoms with Crippen molar-refractivity contribution in [2.45, 2.75) is 39.3 Å². The summed E-state index contributed by atoms with van der Waals surface area (Å²) in [5, 5.41) is 3.14. The summed E-state index contributed by atoms with van der Waals surface area (Å²) in [6.45, 7) is 7.92. The fourth-order valence-corrected chi connectivity index (χ4v) is 4.44. The number of anilines is 1. The molecule has 2 atom stereocenters. The van der Waals surface area contributed by atoms with Crippen LogP contribution >= 0.6 is 0 Å². The molecule has 27 heavy (non-hydrogen) atoms. The quantitative estimate of drug-likeness (QED) is 0.900. The summed E-state index contributed by atoms with van der Waals surface area (Å²) in [5.74, 6) is 0.551. The number of benzene rings is 1. The maximum absolute atomic E-state index is 13.0. The van der Waals surface area contributed by atoms with Crippen LogP contribution in [0.2, 0.25) is 0 Å². The number of urea groups is 1. The number of aryl methyl sites for hydroxylation is 2. The van der Waals surface area contributed by atoms with Gasteiger partial charge in [-0.1, -0.05) is 17.7 Å². The van der Waals surface area contributed by atoms with E-state index in [1.165, 1.54) is 17.5 Å². The number of piperidine rings is 1. The van der Waals surface area contributed by atoms with E-state index in [0.717, 1.165) is 43.9 Å². The number of pyridine rings is 1. The molecule has 3 saturated heterocycles. The number of aromatic nitrogens is 1. The summed E-state index contributed by atoms with van der Waals surface area (Å²) < 4.78 is 0.